The number of rotatable bonds is 3. The fraction of sp³-hybridized carbons (Fsp3) is 0.222. The molecular weight excluding hydrogens is 254 g/mol. The predicted molar refractivity (Wildman–Crippen MR) is 59.1 cm³/mol. The first-order valence-electron chi connectivity index (χ1n) is 4.42. The van der Waals surface area contributed by atoms with E-state index in [2.05, 4.69) is 0 Å². The third-order valence-electron chi connectivity index (χ3n) is 1.78. The Labute approximate surface area is 96.5 Å². The fourth-order valence-corrected chi connectivity index (χ4v) is 1.65. The molecule has 1 aromatic rings. The maximum absolute atomic E-state index is 13.2. The van der Waals surface area contributed by atoms with Crippen LogP contribution in [0.2, 0.25) is 0 Å². The predicted octanol–water partition coefficient (Wildman–Crippen LogP) is 0.530. The third kappa shape index (κ3) is 3.66. The Kier molecular flexibility index (Phi) is 3.66. The summed E-state index contributed by atoms with van der Waals surface area (Å²) in [5.74, 6) is -4.33. The summed E-state index contributed by atoms with van der Waals surface area (Å²) in [4.78, 5) is 11.2. The molecule has 0 aromatic heterocycles. The highest BCUT2D eigenvalue weighted by Gasteiger charge is 2.17. The van der Waals surface area contributed by atoms with Crippen molar-refractivity contribution in [3.63, 3.8) is 0 Å². The number of sulfone groups is 1. The molecule has 0 aliphatic rings. The summed E-state index contributed by atoms with van der Waals surface area (Å²) in [6.07, 6.45) is 0.845. The topological polar surface area (TPSA) is 89.3 Å². The highest BCUT2D eigenvalue weighted by atomic mass is 32.2. The van der Waals surface area contributed by atoms with E-state index in [1.54, 1.807) is 0 Å². The van der Waals surface area contributed by atoms with Crippen molar-refractivity contribution in [1.82, 2.24) is 0 Å². The monoisotopic (exact) mass is 264 g/mol. The highest BCUT2D eigenvalue weighted by molar-refractivity contribution is 7.91. The Bertz CT molecular complexity index is 558. The minimum Gasteiger partial charge on any atom is -0.397 e. The molecule has 0 saturated heterocycles. The number of anilines is 2. The van der Waals surface area contributed by atoms with Crippen molar-refractivity contribution in [1.29, 1.82) is 0 Å². The molecule has 0 heterocycles. The van der Waals surface area contributed by atoms with Crippen molar-refractivity contribution in [2.75, 3.05) is 23.1 Å². The molecule has 1 rings (SSSR count). The smallest absolute Gasteiger partial charge is 0.239 e. The molecule has 17 heavy (non-hydrogen) atoms. The molecule has 0 spiro atoms. The number of carbonyl (C=O) groups is 1. The van der Waals surface area contributed by atoms with Crippen LogP contribution in [0.25, 0.3) is 0 Å². The van der Waals surface area contributed by atoms with E-state index in [0.29, 0.717) is 0 Å². The lowest BCUT2D eigenvalue weighted by Gasteiger charge is -2.09. The molecule has 0 atom stereocenters. The minimum absolute atomic E-state index is 0.189. The number of carbonyl (C=O) groups excluding carboxylic acids is 1. The van der Waals surface area contributed by atoms with Crippen LogP contribution in [-0.4, -0.2) is 26.3 Å². The Morgan fingerprint density at radius 3 is 2.53 bits per heavy atom. The number of benzene rings is 1. The van der Waals surface area contributed by atoms with Gasteiger partial charge in [0.15, 0.2) is 21.5 Å². The lowest BCUT2D eigenvalue weighted by atomic mass is 10.2. The fourth-order valence-electron chi connectivity index (χ4n) is 1.11. The summed E-state index contributed by atoms with van der Waals surface area (Å²) in [5.41, 5.74) is 4.59. The zero-order valence-corrected chi connectivity index (χ0v) is 9.64. The van der Waals surface area contributed by atoms with E-state index in [9.17, 15) is 22.0 Å². The molecule has 94 valence electrons. The van der Waals surface area contributed by atoms with E-state index in [-0.39, 0.29) is 5.69 Å². The van der Waals surface area contributed by atoms with E-state index in [1.807, 2.05) is 5.32 Å². The number of hydrogen-bond acceptors (Lipinski definition) is 4. The van der Waals surface area contributed by atoms with E-state index in [1.165, 1.54) is 0 Å². The van der Waals surface area contributed by atoms with Gasteiger partial charge >= 0.3 is 0 Å². The van der Waals surface area contributed by atoms with Crippen molar-refractivity contribution in [2.45, 2.75) is 0 Å². The number of hydrogen-bond donors (Lipinski definition) is 2. The van der Waals surface area contributed by atoms with Crippen molar-refractivity contribution < 1.29 is 22.0 Å². The first-order chi connectivity index (χ1) is 7.70. The molecule has 0 aliphatic heterocycles. The number of nitrogen functional groups attached to an aromatic ring is 1. The van der Waals surface area contributed by atoms with Gasteiger partial charge in [-0.15, -0.1) is 0 Å². The van der Waals surface area contributed by atoms with Gasteiger partial charge in [-0.05, 0) is 12.1 Å². The van der Waals surface area contributed by atoms with Gasteiger partial charge in [0.05, 0.1) is 5.69 Å². The molecule has 0 saturated carbocycles. The van der Waals surface area contributed by atoms with Crippen LogP contribution >= 0.6 is 0 Å². The maximum Gasteiger partial charge on any atom is 0.239 e. The Hall–Kier alpha value is -1.70. The van der Waals surface area contributed by atoms with Crippen LogP contribution in [-0.2, 0) is 14.6 Å². The normalized spacial score (nSPS) is 11.2. The quantitative estimate of drug-likeness (QED) is 0.779. The lowest BCUT2D eigenvalue weighted by Crippen LogP contribution is -2.23. The SMILES string of the molecule is CS(=O)(=O)CC(=O)Nc1c(N)ccc(F)c1F. The second kappa shape index (κ2) is 4.66. The van der Waals surface area contributed by atoms with Crippen LogP contribution in [0.15, 0.2) is 12.1 Å². The second-order valence-corrected chi connectivity index (χ2v) is 5.58. The Morgan fingerprint density at radius 1 is 1.41 bits per heavy atom. The molecule has 1 amide bonds. The van der Waals surface area contributed by atoms with E-state index >= 15 is 0 Å². The van der Waals surface area contributed by atoms with Gasteiger partial charge in [-0.25, -0.2) is 17.2 Å². The standard InChI is InChI=1S/C9H10F2N2O3S/c1-17(15,16)4-7(14)13-9-6(12)3-2-5(10)8(9)11/h2-3H,4,12H2,1H3,(H,13,14). The zero-order chi connectivity index (χ0) is 13.2. The minimum atomic E-state index is -3.55. The van der Waals surface area contributed by atoms with E-state index in [4.69, 9.17) is 5.73 Å². The molecule has 1 aromatic carbocycles. The van der Waals surface area contributed by atoms with Gasteiger partial charge in [0.2, 0.25) is 5.91 Å². The Morgan fingerprint density at radius 2 is 2.00 bits per heavy atom. The van der Waals surface area contributed by atoms with Crippen molar-refractivity contribution in [3.8, 4) is 0 Å². The first kappa shape index (κ1) is 13.4. The first-order valence-corrected chi connectivity index (χ1v) is 6.48. The average Bonchev–Trinajstić information content (AvgIpc) is 2.16. The molecule has 0 bridgehead atoms. The molecule has 0 radical (unpaired) electrons. The molecule has 8 heteroatoms. The summed E-state index contributed by atoms with van der Waals surface area (Å²) in [6, 6.07) is 1.87. The number of nitrogens with one attached hydrogen (secondary N) is 1. The number of amides is 1. The summed E-state index contributed by atoms with van der Waals surface area (Å²) in [5, 5.41) is 1.92. The van der Waals surface area contributed by atoms with Crippen LogP contribution in [0.4, 0.5) is 20.2 Å². The second-order valence-electron chi connectivity index (χ2n) is 3.44. The number of halogens is 2. The van der Waals surface area contributed by atoms with Gasteiger partial charge < -0.3 is 11.1 Å². The van der Waals surface area contributed by atoms with Gasteiger partial charge in [-0.1, -0.05) is 0 Å². The van der Waals surface area contributed by atoms with Crippen LogP contribution in [0.1, 0.15) is 0 Å². The molecule has 5 nitrogen and oxygen atoms in total. The summed E-state index contributed by atoms with van der Waals surface area (Å²) < 4.78 is 47.7. The summed E-state index contributed by atoms with van der Waals surface area (Å²) >= 11 is 0. The zero-order valence-electron chi connectivity index (χ0n) is 8.83. The van der Waals surface area contributed by atoms with Crippen molar-refractivity contribution >= 4 is 27.1 Å². The summed E-state index contributed by atoms with van der Waals surface area (Å²) in [7, 11) is -3.55. The van der Waals surface area contributed by atoms with Gasteiger partial charge in [0.25, 0.3) is 0 Å². The van der Waals surface area contributed by atoms with Gasteiger partial charge in [-0.3, -0.25) is 4.79 Å². The molecular formula is C9H10F2N2O3S. The van der Waals surface area contributed by atoms with E-state index in [0.717, 1.165) is 18.4 Å². The molecule has 0 unspecified atom stereocenters. The van der Waals surface area contributed by atoms with Crippen LogP contribution in [0, 0.1) is 11.6 Å². The maximum atomic E-state index is 13.2. The summed E-state index contributed by atoms with van der Waals surface area (Å²) in [6.45, 7) is 0. The molecule has 0 fully saturated rings. The van der Waals surface area contributed by atoms with Crippen molar-refractivity contribution in [3.05, 3.63) is 23.8 Å². The number of nitrogens with two attached hydrogens (primary N) is 1. The molecule has 3 N–H and O–H groups in total. The molecule has 0 aliphatic carbocycles. The van der Waals surface area contributed by atoms with Crippen LogP contribution in [0.3, 0.4) is 0 Å². The third-order valence-corrected chi connectivity index (χ3v) is 2.57. The van der Waals surface area contributed by atoms with E-state index < -0.39 is 38.8 Å². The average molecular weight is 264 g/mol. The lowest BCUT2D eigenvalue weighted by molar-refractivity contribution is -0.113. The van der Waals surface area contributed by atoms with Crippen LogP contribution in [0.5, 0.6) is 0 Å². The van der Waals surface area contributed by atoms with Crippen molar-refractivity contribution in [2.24, 2.45) is 0 Å². The Balaban J connectivity index is 2.97. The largest absolute Gasteiger partial charge is 0.397 e. The highest BCUT2D eigenvalue weighted by Crippen LogP contribution is 2.24. The van der Waals surface area contributed by atoms with Gasteiger partial charge in [-0.2, -0.15) is 0 Å². The van der Waals surface area contributed by atoms with Gasteiger partial charge in [0, 0.05) is 6.26 Å². The van der Waals surface area contributed by atoms with Crippen LogP contribution < -0.4 is 11.1 Å². The van der Waals surface area contributed by atoms with Gasteiger partial charge in [0.1, 0.15) is 11.4 Å².